The van der Waals surface area contributed by atoms with Gasteiger partial charge in [-0.15, -0.1) is 0 Å². The van der Waals surface area contributed by atoms with Crippen molar-refractivity contribution in [1.29, 1.82) is 0 Å². The molecule has 10 nitrogen and oxygen atoms in total. The van der Waals surface area contributed by atoms with Crippen molar-refractivity contribution in [2.45, 2.75) is 6.18 Å². The third kappa shape index (κ3) is 4.05. The summed E-state index contributed by atoms with van der Waals surface area (Å²) in [6, 6.07) is 10.7. The molecule has 0 aliphatic rings. The highest BCUT2D eigenvalue weighted by Gasteiger charge is 2.38. The van der Waals surface area contributed by atoms with E-state index in [1.807, 2.05) is 0 Å². The average Bonchev–Trinajstić information content (AvgIpc) is 3.29. The smallest absolute Gasteiger partial charge is 0.417 e. The van der Waals surface area contributed by atoms with Crippen LogP contribution in [0.4, 0.5) is 18.9 Å². The van der Waals surface area contributed by atoms with Crippen molar-refractivity contribution in [3.05, 3.63) is 64.2 Å². The molecular weight excluding hydrogens is 461 g/mol. The Bertz CT molecular complexity index is 1390. The normalized spacial score (nSPS) is 11.4. The van der Waals surface area contributed by atoms with Gasteiger partial charge in [-0.2, -0.15) is 18.2 Å². The Morgan fingerprint density at radius 1 is 1.06 bits per heavy atom. The fourth-order valence-electron chi connectivity index (χ4n) is 3.17. The topological polar surface area (TPSA) is 145 Å². The number of nitrogens with zero attached hydrogens (tertiary/aromatic N) is 4. The molecule has 13 heteroatoms. The van der Waals surface area contributed by atoms with E-state index in [4.69, 9.17) is 9.26 Å². The summed E-state index contributed by atoms with van der Waals surface area (Å²) in [5, 5.41) is 34.0. The number of pyridine rings is 1. The van der Waals surface area contributed by atoms with Crippen LogP contribution in [0.2, 0.25) is 0 Å². The monoisotopic (exact) mass is 474 g/mol. The van der Waals surface area contributed by atoms with Crippen LogP contribution in [-0.4, -0.2) is 37.4 Å². The third-order valence-corrected chi connectivity index (χ3v) is 4.72. The molecule has 0 unspecified atom stereocenters. The third-order valence-electron chi connectivity index (χ3n) is 4.72. The first kappa shape index (κ1) is 22.5. The number of phenolic OH excluding ortho intramolecular Hbond substituents is 2. The van der Waals surface area contributed by atoms with Gasteiger partial charge in [0.2, 0.25) is 17.5 Å². The number of nitro benzene ring substituents is 1. The Balaban J connectivity index is 1.89. The van der Waals surface area contributed by atoms with Crippen molar-refractivity contribution < 1.29 is 37.6 Å². The van der Waals surface area contributed by atoms with Crippen LogP contribution >= 0.6 is 0 Å². The number of hydrogen-bond acceptors (Lipinski definition) is 9. The summed E-state index contributed by atoms with van der Waals surface area (Å²) in [6.45, 7) is 0. The first-order valence-corrected chi connectivity index (χ1v) is 9.36. The molecule has 0 aliphatic heterocycles. The number of halogens is 3. The quantitative estimate of drug-likeness (QED) is 0.236. The van der Waals surface area contributed by atoms with Crippen molar-refractivity contribution in [3.8, 4) is 51.5 Å². The summed E-state index contributed by atoms with van der Waals surface area (Å²) in [7, 11) is 1.13. The maximum absolute atomic E-state index is 14.0. The van der Waals surface area contributed by atoms with Crippen molar-refractivity contribution in [3.63, 3.8) is 0 Å². The molecule has 0 amide bonds. The fourth-order valence-corrected chi connectivity index (χ4v) is 3.17. The average molecular weight is 474 g/mol. The predicted octanol–water partition coefficient (Wildman–Crippen LogP) is 4.81. The van der Waals surface area contributed by atoms with E-state index in [0.717, 1.165) is 25.3 Å². The molecule has 2 N–H and O–H groups in total. The van der Waals surface area contributed by atoms with Crippen LogP contribution in [0.3, 0.4) is 0 Å². The summed E-state index contributed by atoms with van der Waals surface area (Å²) < 4.78 is 52.1. The van der Waals surface area contributed by atoms with Crippen LogP contribution in [-0.2, 0) is 6.18 Å². The summed E-state index contributed by atoms with van der Waals surface area (Å²) in [5.74, 6) is -3.28. The fraction of sp³-hybridized carbons (Fsp3) is 0.0952. The Morgan fingerprint density at radius 2 is 1.76 bits per heavy atom. The first-order valence-electron chi connectivity index (χ1n) is 9.36. The highest BCUT2D eigenvalue weighted by Crippen LogP contribution is 2.44. The van der Waals surface area contributed by atoms with Crippen LogP contribution in [0.1, 0.15) is 5.56 Å². The SMILES string of the molecule is COc1nc(-c2ccccc2)cc(C(F)(F)F)c1-c1noc(-c2cc(O)c(O)c([N+](=O)[O-])c2)n1. The molecule has 0 spiro atoms. The Hall–Kier alpha value is -4.68. The lowest BCUT2D eigenvalue weighted by Gasteiger charge is -2.15. The van der Waals surface area contributed by atoms with E-state index in [1.54, 1.807) is 30.3 Å². The Morgan fingerprint density at radius 3 is 2.38 bits per heavy atom. The minimum Gasteiger partial charge on any atom is -0.504 e. The number of rotatable bonds is 5. The second kappa shape index (κ2) is 8.35. The summed E-state index contributed by atoms with van der Waals surface area (Å²) in [6.07, 6.45) is -4.86. The maximum atomic E-state index is 14.0. The predicted molar refractivity (Wildman–Crippen MR) is 110 cm³/mol. The summed E-state index contributed by atoms with van der Waals surface area (Å²) in [5.41, 5.74) is -2.42. The number of aromatic hydroxyl groups is 2. The van der Waals surface area contributed by atoms with Gasteiger partial charge in [-0.1, -0.05) is 35.5 Å². The lowest BCUT2D eigenvalue weighted by atomic mass is 10.0. The number of aromatic nitrogens is 3. The number of ether oxygens (including phenoxy) is 1. The first-order chi connectivity index (χ1) is 16.1. The molecule has 0 aliphatic carbocycles. The van der Waals surface area contributed by atoms with E-state index >= 15 is 0 Å². The maximum Gasteiger partial charge on any atom is 0.417 e. The van der Waals surface area contributed by atoms with Gasteiger partial charge in [-0.25, -0.2) is 4.98 Å². The van der Waals surface area contributed by atoms with Gasteiger partial charge >= 0.3 is 11.9 Å². The molecular formula is C21H13F3N4O6. The van der Waals surface area contributed by atoms with Gasteiger partial charge in [0.25, 0.3) is 5.89 Å². The second-order valence-electron chi connectivity index (χ2n) is 6.85. The molecule has 0 saturated carbocycles. The minimum atomic E-state index is -4.86. The van der Waals surface area contributed by atoms with Crippen LogP contribution in [0.5, 0.6) is 17.4 Å². The second-order valence-corrected chi connectivity index (χ2v) is 6.85. The molecule has 2 aromatic carbocycles. The molecule has 0 fully saturated rings. The van der Waals surface area contributed by atoms with Crippen molar-refractivity contribution in [1.82, 2.24) is 15.1 Å². The highest BCUT2D eigenvalue weighted by molar-refractivity contribution is 5.74. The van der Waals surface area contributed by atoms with Crippen LogP contribution in [0, 0.1) is 10.1 Å². The zero-order valence-electron chi connectivity index (χ0n) is 17.1. The lowest BCUT2D eigenvalue weighted by molar-refractivity contribution is -0.385. The van der Waals surface area contributed by atoms with Gasteiger partial charge in [-0.05, 0) is 12.1 Å². The van der Waals surface area contributed by atoms with Gasteiger partial charge in [-0.3, -0.25) is 10.1 Å². The lowest BCUT2D eigenvalue weighted by Crippen LogP contribution is -2.10. The number of hydrogen-bond donors (Lipinski definition) is 2. The van der Waals surface area contributed by atoms with Gasteiger partial charge < -0.3 is 19.5 Å². The van der Waals surface area contributed by atoms with E-state index in [1.165, 1.54) is 0 Å². The Labute approximate surface area is 188 Å². The molecule has 4 aromatic rings. The van der Waals surface area contributed by atoms with Crippen molar-refractivity contribution in [2.75, 3.05) is 7.11 Å². The standard InChI is InChI=1S/C21H13F3N4O6/c1-33-20-16(12(21(22,23)24)9-13(25-20)10-5-3-2-4-6-10)18-26-19(34-27-18)11-7-14(28(31)32)17(30)15(29)8-11/h2-9,29-30H,1H3. The molecule has 2 heterocycles. The van der Waals surface area contributed by atoms with Crippen molar-refractivity contribution >= 4 is 5.69 Å². The van der Waals surface area contributed by atoms with Gasteiger partial charge in [0.15, 0.2) is 5.75 Å². The molecule has 4 rings (SSSR count). The zero-order chi connectivity index (χ0) is 24.6. The number of methoxy groups -OCH3 is 1. The van der Waals surface area contributed by atoms with E-state index < -0.39 is 57.0 Å². The molecule has 0 atom stereocenters. The number of phenols is 2. The van der Waals surface area contributed by atoms with Gasteiger partial charge in [0, 0.05) is 11.6 Å². The molecule has 174 valence electrons. The number of alkyl halides is 3. The molecule has 0 saturated heterocycles. The zero-order valence-corrected chi connectivity index (χ0v) is 17.1. The van der Waals surface area contributed by atoms with Crippen LogP contribution in [0.25, 0.3) is 34.1 Å². The largest absolute Gasteiger partial charge is 0.504 e. The Kier molecular flexibility index (Phi) is 5.53. The summed E-state index contributed by atoms with van der Waals surface area (Å²) in [4.78, 5) is 18.2. The molecule has 34 heavy (non-hydrogen) atoms. The number of nitro groups is 1. The molecule has 0 bridgehead atoms. The van der Waals surface area contributed by atoms with E-state index in [-0.39, 0.29) is 11.3 Å². The summed E-state index contributed by atoms with van der Waals surface area (Å²) >= 11 is 0. The minimum absolute atomic E-state index is 0.00340. The van der Waals surface area contributed by atoms with Gasteiger partial charge in [0.05, 0.1) is 34.4 Å². The van der Waals surface area contributed by atoms with E-state index in [0.29, 0.717) is 5.56 Å². The molecule has 0 radical (unpaired) electrons. The van der Waals surface area contributed by atoms with E-state index in [2.05, 4.69) is 15.1 Å². The molecule has 2 aromatic heterocycles. The van der Waals surface area contributed by atoms with Crippen LogP contribution in [0.15, 0.2) is 53.1 Å². The highest BCUT2D eigenvalue weighted by atomic mass is 19.4. The van der Waals surface area contributed by atoms with Gasteiger partial charge in [0.1, 0.15) is 0 Å². The van der Waals surface area contributed by atoms with Crippen LogP contribution < -0.4 is 4.74 Å². The van der Waals surface area contributed by atoms with E-state index in [9.17, 15) is 33.5 Å². The number of benzene rings is 2. The van der Waals surface area contributed by atoms with Crippen molar-refractivity contribution in [2.24, 2.45) is 0 Å².